The average Bonchev–Trinajstić information content (AvgIpc) is 2.54. The predicted molar refractivity (Wildman–Crippen MR) is 91.6 cm³/mol. The van der Waals surface area contributed by atoms with Gasteiger partial charge in [-0.3, -0.25) is 9.69 Å². The summed E-state index contributed by atoms with van der Waals surface area (Å²) < 4.78 is 5.68. The summed E-state index contributed by atoms with van der Waals surface area (Å²) in [5.41, 5.74) is 1.91. The van der Waals surface area contributed by atoms with E-state index in [9.17, 15) is 9.59 Å². The molecule has 1 aliphatic carbocycles. The minimum absolute atomic E-state index is 0.0756. The Morgan fingerprint density at radius 1 is 1.38 bits per heavy atom. The van der Waals surface area contributed by atoms with Gasteiger partial charge < -0.3 is 4.42 Å². The number of nitrogens with zero attached hydrogens (tertiary/aromatic N) is 1. The van der Waals surface area contributed by atoms with Gasteiger partial charge in [-0.05, 0) is 56.3 Å². The maximum absolute atomic E-state index is 12.3. The van der Waals surface area contributed by atoms with E-state index < -0.39 is 5.63 Å². The zero-order valence-corrected chi connectivity index (χ0v) is 14.1. The molecule has 2 fully saturated rings. The van der Waals surface area contributed by atoms with Crippen LogP contribution in [0.1, 0.15) is 45.1 Å². The molecule has 3 heterocycles. The van der Waals surface area contributed by atoms with E-state index in [0.717, 1.165) is 43.0 Å². The number of ketones is 1. The summed E-state index contributed by atoms with van der Waals surface area (Å²) in [4.78, 5) is 25.9. The van der Waals surface area contributed by atoms with Gasteiger partial charge in [0.05, 0.1) is 0 Å². The number of piperidine rings is 2. The molecule has 124 valence electrons. The van der Waals surface area contributed by atoms with Crippen molar-refractivity contribution >= 4 is 17.4 Å². The fourth-order valence-electron chi connectivity index (χ4n) is 4.65. The summed E-state index contributed by atoms with van der Waals surface area (Å²) in [7, 11) is 0. The molecule has 4 rings (SSSR count). The van der Waals surface area contributed by atoms with Gasteiger partial charge in [0.1, 0.15) is 11.0 Å². The van der Waals surface area contributed by atoms with Crippen LogP contribution in [0, 0.1) is 17.3 Å². The first-order valence-electron chi connectivity index (χ1n) is 8.65. The van der Waals surface area contributed by atoms with E-state index in [-0.39, 0.29) is 16.8 Å². The van der Waals surface area contributed by atoms with Crippen molar-refractivity contribution in [2.45, 2.75) is 45.6 Å². The summed E-state index contributed by atoms with van der Waals surface area (Å²) in [6, 6.07) is 2.16. The Morgan fingerprint density at radius 2 is 2.17 bits per heavy atom. The van der Waals surface area contributed by atoms with Crippen LogP contribution in [0.15, 0.2) is 15.3 Å². The molecule has 0 bridgehead atoms. The molecule has 2 atom stereocenters. The molecule has 0 spiro atoms. The lowest BCUT2D eigenvalue weighted by Crippen LogP contribution is -2.58. The smallest absolute Gasteiger partial charge is 0.352 e. The van der Waals surface area contributed by atoms with Crippen LogP contribution in [0.2, 0.25) is 0 Å². The number of fused-ring (bicyclic) bond motifs is 1. The van der Waals surface area contributed by atoms with E-state index in [2.05, 4.69) is 29.7 Å². The second kappa shape index (κ2) is 5.46. The Bertz CT molecular complexity index is 957. The third kappa shape index (κ3) is 2.35. The first-order chi connectivity index (χ1) is 11.5. The molecule has 0 N–H and O–H groups in total. The molecule has 24 heavy (non-hydrogen) atoms. The van der Waals surface area contributed by atoms with Crippen LogP contribution in [0.5, 0.6) is 0 Å². The summed E-state index contributed by atoms with van der Waals surface area (Å²) in [6.07, 6.45) is 6.69. The highest BCUT2D eigenvalue weighted by Crippen LogP contribution is 2.44. The first kappa shape index (κ1) is 15.4. The van der Waals surface area contributed by atoms with Gasteiger partial charge >= 0.3 is 5.63 Å². The number of carbonyl (C=O) groups excluding carboxylic acids is 1. The van der Waals surface area contributed by atoms with Gasteiger partial charge in [-0.15, -0.1) is 0 Å². The zero-order valence-electron chi connectivity index (χ0n) is 14.1. The second-order valence-corrected chi connectivity index (χ2v) is 7.36. The van der Waals surface area contributed by atoms with Gasteiger partial charge in [-0.1, -0.05) is 18.9 Å². The largest absolute Gasteiger partial charge is 0.422 e. The molecule has 0 amide bonds. The molecule has 0 aromatic carbocycles. The second-order valence-electron chi connectivity index (χ2n) is 7.36. The van der Waals surface area contributed by atoms with E-state index in [4.69, 9.17) is 4.42 Å². The third-order valence-electron chi connectivity index (χ3n) is 5.50. The van der Waals surface area contributed by atoms with Crippen LogP contribution in [0.4, 0.5) is 0 Å². The van der Waals surface area contributed by atoms with Crippen molar-refractivity contribution in [2.24, 2.45) is 5.41 Å². The Morgan fingerprint density at radius 3 is 2.96 bits per heavy atom. The van der Waals surface area contributed by atoms with Crippen LogP contribution in [-0.2, 0) is 4.79 Å². The fourth-order valence-corrected chi connectivity index (χ4v) is 4.65. The van der Waals surface area contributed by atoms with Crippen molar-refractivity contribution in [3.63, 3.8) is 0 Å². The number of Topliss-reactive ketones (excluding diaryl/α,β-unsaturated/α-hetero) is 1. The molecule has 0 radical (unpaired) electrons. The van der Waals surface area contributed by atoms with Gasteiger partial charge in [-0.25, -0.2) is 4.79 Å². The van der Waals surface area contributed by atoms with Crippen molar-refractivity contribution < 1.29 is 9.21 Å². The van der Waals surface area contributed by atoms with E-state index in [0.29, 0.717) is 6.04 Å². The standard InChI is InChI=1S/C20H21NO3/c1-13(22)6-7-14-11-15-12-20(2)8-4-10-21-9-3-5-16(18(20)21)17(15)24-19(14)23/h11-12,18H,3-5,8-10H2,1-2H3. The zero-order chi connectivity index (χ0) is 16.9. The quantitative estimate of drug-likeness (QED) is 0.663. The van der Waals surface area contributed by atoms with Gasteiger partial charge in [0.2, 0.25) is 5.78 Å². The lowest BCUT2D eigenvalue weighted by molar-refractivity contribution is -0.111. The molecule has 1 aromatic rings. The van der Waals surface area contributed by atoms with Gasteiger partial charge in [0, 0.05) is 23.6 Å². The number of hydrogen-bond donors (Lipinski definition) is 0. The Kier molecular flexibility index (Phi) is 3.51. The highest BCUT2D eigenvalue weighted by atomic mass is 16.4. The van der Waals surface area contributed by atoms with E-state index >= 15 is 0 Å². The molecule has 4 heteroatoms. The van der Waals surface area contributed by atoms with E-state index in [1.54, 1.807) is 6.07 Å². The molecular weight excluding hydrogens is 302 g/mol. The number of carbonyl (C=O) groups is 1. The predicted octanol–water partition coefficient (Wildman–Crippen LogP) is 0.790. The summed E-state index contributed by atoms with van der Waals surface area (Å²) in [5, 5.41) is 0.958. The SMILES string of the molecule is CC(=O)C#Cc1cc2c(oc1=O)=C1CCCN3CCCC(C)(C=2)C13. The minimum atomic E-state index is -0.445. The topological polar surface area (TPSA) is 50.5 Å². The lowest BCUT2D eigenvalue weighted by Gasteiger charge is -2.51. The van der Waals surface area contributed by atoms with Crippen molar-refractivity contribution in [3.05, 3.63) is 32.7 Å². The molecule has 2 aliphatic heterocycles. The average molecular weight is 323 g/mol. The fraction of sp³-hybridized carbons (Fsp3) is 0.500. The highest BCUT2D eigenvalue weighted by molar-refractivity contribution is 5.93. The Labute approximate surface area is 140 Å². The van der Waals surface area contributed by atoms with Gasteiger partial charge in [-0.2, -0.15) is 0 Å². The summed E-state index contributed by atoms with van der Waals surface area (Å²) in [6.45, 7) is 5.95. The van der Waals surface area contributed by atoms with Crippen LogP contribution < -0.4 is 16.3 Å². The molecule has 0 saturated carbocycles. The number of rotatable bonds is 0. The summed E-state index contributed by atoms with van der Waals surface area (Å²) >= 11 is 0. The normalized spacial score (nSPS) is 28.1. The first-order valence-corrected chi connectivity index (χ1v) is 8.65. The highest BCUT2D eigenvalue weighted by Gasteiger charge is 2.45. The maximum Gasteiger partial charge on any atom is 0.352 e. The third-order valence-corrected chi connectivity index (χ3v) is 5.50. The van der Waals surface area contributed by atoms with E-state index in [1.165, 1.54) is 18.9 Å². The van der Waals surface area contributed by atoms with Crippen LogP contribution >= 0.6 is 0 Å². The van der Waals surface area contributed by atoms with E-state index in [1.807, 2.05) is 0 Å². The minimum Gasteiger partial charge on any atom is -0.422 e. The molecular formula is C20H21NO3. The van der Waals surface area contributed by atoms with Crippen LogP contribution in [-0.4, -0.2) is 29.8 Å². The van der Waals surface area contributed by atoms with Crippen molar-refractivity contribution in [1.82, 2.24) is 4.90 Å². The van der Waals surface area contributed by atoms with Crippen molar-refractivity contribution in [3.8, 4) is 11.8 Å². The molecule has 2 saturated heterocycles. The maximum atomic E-state index is 12.3. The molecule has 1 aromatic heterocycles. The Balaban J connectivity index is 1.98. The Hall–Kier alpha value is -2.12. The van der Waals surface area contributed by atoms with Gasteiger partial charge in [0.15, 0.2) is 0 Å². The van der Waals surface area contributed by atoms with Crippen molar-refractivity contribution in [1.29, 1.82) is 0 Å². The lowest BCUT2D eigenvalue weighted by atomic mass is 9.67. The van der Waals surface area contributed by atoms with Crippen LogP contribution in [0.3, 0.4) is 0 Å². The monoisotopic (exact) mass is 323 g/mol. The summed E-state index contributed by atoms with van der Waals surface area (Å²) in [5.74, 6) is 4.84. The number of hydrogen-bond acceptors (Lipinski definition) is 4. The van der Waals surface area contributed by atoms with Crippen LogP contribution in [0.25, 0.3) is 11.6 Å². The molecule has 4 nitrogen and oxygen atoms in total. The molecule has 2 unspecified atom stereocenters. The molecule has 3 aliphatic rings. The van der Waals surface area contributed by atoms with Crippen molar-refractivity contribution in [2.75, 3.05) is 13.1 Å². The van der Waals surface area contributed by atoms with Gasteiger partial charge in [0.25, 0.3) is 0 Å².